The van der Waals surface area contributed by atoms with Gasteiger partial charge >= 0.3 is 5.97 Å². The topological polar surface area (TPSA) is 160 Å². The molecular weight excluding hydrogens is 700 g/mol. The zero-order valence-electron chi connectivity index (χ0n) is 35.5. The summed E-state index contributed by atoms with van der Waals surface area (Å²) < 4.78 is 20.0. The summed E-state index contributed by atoms with van der Waals surface area (Å²) in [5.41, 5.74) is 0. The number of ether oxygens (including phenoxy) is 3. The van der Waals surface area contributed by atoms with Gasteiger partial charge in [0.25, 0.3) is 0 Å². The SMILES string of the molecule is CC[C@H]1/C=C\C=C/C[C@@H](C)[C@H](O)[C@H](C)C(=O)[C@@H](C)[C@H](O)[C@@H](C)C(=O)[C@@H](C)[C@H](O)[C@@H](C)/C=C\C(=O)O[C@@H]2[C@H](C)[C@H](CC1)O[C@]1(CC[C@H](C)[C@H](C[C@@H](C)O)O1)[C@H]2C. The van der Waals surface area contributed by atoms with Gasteiger partial charge in [-0.2, -0.15) is 0 Å². The molecule has 3 heterocycles. The van der Waals surface area contributed by atoms with E-state index in [1.807, 2.05) is 32.1 Å². The molecule has 0 aliphatic carbocycles. The van der Waals surface area contributed by atoms with Crippen LogP contribution in [0.4, 0.5) is 0 Å². The average molecular weight is 775 g/mol. The van der Waals surface area contributed by atoms with Crippen molar-refractivity contribution in [3.05, 3.63) is 36.5 Å². The van der Waals surface area contributed by atoms with Gasteiger partial charge in [-0.1, -0.05) is 99.6 Å². The molecule has 3 aliphatic heterocycles. The molecule has 0 aromatic rings. The van der Waals surface area contributed by atoms with Gasteiger partial charge in [0, 0.05) is 53.9 Å². The Morgan fingerprint density at radius 1 is 0.764 bits per heavy atom. The predicted molar refractivity (Wildman–Crippen MR) is 213 cm³/mol. The van der Waals surface area contributed by atoms with Crippen molar-refractivity contribution >= 4 is 17.5 Å². The first kappa shape index (κ1) is 47.2. The molecule has 2 fully saturated rings. The van der Waals surface area contributed by atoms with Crippen LogP contribution >= 0.6 is 0 Å². The zero-order chi connectivity index (χ0) is 41.4. The van der Waals surface area contributed by atoms with Crippen molar-refractivity contribution in [1.82, 2.24) is 0 Å². The van der Waals surface area contributed by atoms with E-state index >= 15 is 0 Å². The lowest BCUT2D eigenvalue weighted by Crippen LogP contribution is -2.62. The normalized spacial score (nSPS) is 46.1. The minimum absolute atomic E-state index is 0.144. The molecular formula is C45H74O10. The highest BCUT2D eigenvalue weighted by Gasteiger charge is 2.56. The number of aliphatic hydroxyl groups excluding tert-OH is 4. The third kappa shape index (κ3) is 11.9. The summed E-state index contributed by atoms with van der Waals surface area (Å²) in [5.74, 6) is -6.53. The Morgan fingerprint density at radius 2 is 1.36 bits per heavy atom. The molecule has 0 amide bonds. The van der Waals surface area contributed by atoms with Gasteiger partial charge in [0.05, 0.1) is 36.6 Å². The number of rotatable bonds is 3. The highest BCUT2D eigenvalue weighted by atomic mass is 16.7. The van der Waals surface area contributed by atoms with Crippen molar-refractivity contribution in [3.8, 4) is 0 Å². The molecule has 0 saturated carbocycles. The summed E-state index contributed by atoms with van der Waals surface area (Å²) in [7, 11) is 0. The summed E-state index contributed by atoms with van der Waals surface area (Å²) >= 11 is 0. The summed E-state index contributed by atoms with van der Waals surface area (Å²) in [6.45, 7) is 20.1. The lowest BCUT2D eigenvalue weighted by molar-refractivity contribution is -0.371. The van der Waals surface area contributed by atoms with Gasteiger partial charge in [0.15, 0.2) is 5.79 Å². The van der Waals surface area contributed by atoms with E-state index in [9.17, 15) is 34.8 Å². The molecule has 3 aliphatic rings. The van der Waals surface area contributed by atoms with Gasteiger partial charge in [-0.05, 0) is 63.2 Å². The van der Waals surface area contributed by atoms with E-state index in [1.54, 1.807) is 47.6 Å². The fraction of sp³-hybridized carbons (Fsp3) is 0.800. The molecule has 2 saturated heterocycles. The number of carbonyl (C=O) groups is 3. The number of aliphatic hydroxyl groups is 4. The van der Waals surface area contributed by atoms with Crippen LogP contribution in [0.3, 0.4) is 0 Å². The van der Waals surface area contributed by atoms with Crippen molar-refractivity contribution < 1.29 is 49.0 Å². The molecule has 0 aromatic carbocycles. The summed E-state index contributed by atoms with van der Waals surface area (Å²) in [4.78, 5) is 40.4. The molecule has 1 spiro atoms. The summed E-state index contributed by atoms with van der Waals surface area (Å²) in [6, 6.07) is 0. The largest absolute Gasteiger partial charge is 0.458 e. The standard InChI is InChI=1S/C45H74O10/c1-12-35-17-15-13-14-16-26(3)39(48)30(7)41(50)32(9)43(52)33(10)42(51)31(8)40(49)27(4)18-21-38(47)53-44-29(6)36(20-19-35)54-45(34(44)11)23-22-25(2)37(55-45)24-28(5)46/h13-15,17-18,21,25-37,39-40,43-44,46,48-49,52H,12,16,19-20,22-24H2,1-11H3/b14-13-,17-15-,21-18-/t25-,26+,27-,28+,29+,30-,31-,32+,33-,34-,35-,36-,37-,39-,40+,43-,44+,45-/m0/s1. The Bertz CT molecular complexity index is 1340. The van der Waals surface area contributed by atoms with Crippen molar-refractivity contribution in [2.45, 2.75) is 170 Å². The highest BCUT2D eigenvalue weighted by molar-refractivity contribution is 5.87. The third-order valence-electron chi connectivity index (χ3n) is 13.4. The van der Waals surface area contributed by atoms with Crippen LogP contribution in [0.2, 0.25) is 0 Å². The summed E-state index contributed by atoms with van der Waals surface area (Å²) in [6.07, 6.45) is 11.1. The van der Waals surface area contributed by atoms with Crippen LogP contribution in [0.15, 0.2) is 36.5 Å². The summed E-state index contributed by atoms with van der Waals surface area (Å²) in [5, 5.41) is 43.8. The quantitative estimate of drug-likeness (QED) is 0.226. The smallest absolute Gasteiger partial charge is 0.330 e. The first-order chi connectivity index (χ1) is 25.8. The fourth-order valence-electron chi connectivity index (χ4n) is 8.95. The maximum atomic E-state index is 13.5. The van der Waals surface area contributed by atoms with Gasteiger partial charge in [0.2, 0.25) is 0 Å². The van der Waals surface area contributed by atoms with E-state index in [0.29, 0.717) is 19.3 Å². The number of hydrogen-bond donors (Lipinski definition) is 4. The van der Waals surface area contributed by atoms with Gasteiger partial charge in [0.1, 0.15) is 17.7 Å². The Kier molecular flexibility index (Phi) is 18.0. The molecule has 2 bridgehead atoms. The lowest BCUT2D eigenvalue weighted by Gasteiger charge is -2.55. The van der Waals surface area contributed by atoms with Gasteiger partial charge in [-0.15, -0.1) is 0 Å². The number of Topliss-reactive ketones (excluding diaryl/α,β-unsaturated/α-hetero) is 2. The number of esters is 1. The maximum absolute atomic E-state index is 13.5. The van der Waals surface area contributed by atoms with Crippen molar-refractivity contribution in [1.29, 1.82) is 0 Å². The molecule has 0 aromatic heterocycles. The molecule has 314 valence electrons. The van der Waals surface area contributed by atoms with E-state index in [2.05, 4.69) is 26.8 Å². The van der Waals surface area contributed by atoms with Crippen molar-refractivity contribution in [2.24, 2.45) is 59.2 Å². The second-order valence-electron chi connectivity index (χ2n) is 17.7. The Hall–Kier alpha value is -2.21. The van der Waals surface area contributed by atoms with Crippen LogP contribution in [-0.4, -0.2) is 86.5 Å². The van der Waals surface area contributed by atoms with Gasteiger partial charge < -0.3 is 34.6 Å². The number of fused-ring (bicyclic) bond motifs is 2. The highest BCUT2D eigenvalue weighted by Crippen LogP contribution is 2.49. The molecule has 4 N–H and O–H groups in total. The van der Waals surface area contributed by atoms with E-state index in [1.165, 1.54) is 6.08 Å². The van der Waals surface area contributed by atoms with Crippen LogP contribution in [-0.2, 0) is 28.6 Å². The van der Waals surface area contributed by atoms with Crippen molar-refractivity contribution in [3.63, 3.8) is 0 Å². The fourth-order valence-corrected chi connectivity index (χ4v) is 8.95. The Morgan fingerprint density at radius 3 is 1.96 bits per heavy atom. The Labute approximate surface area is 331 Å². The van der Waals surface area contributed by atoms with Crippen LogP contribution in [0, 0.1) is 59.2 Å². The van der Waals surface area contributed by atoms with Crippen LogP contribution in [0.5, 0.6) is 0 Å². The first-order valence-electron chi connectivity index (χ1n) is 21.1. The predicted octanol–water partition coefficient (Wildman–Crippen LogP) is 6.77. The van der Waals surface area contributed by atoms with Crippen molar-refractivity contribution in [2.75, 3.05) is 0 Å². The number of hydrogen-bond acceptors (Lipinski definition) is 10. The second kappa shape index (κ2) is 21.0. The molecule has 18 atom stereocenters. The Balaban J connectivity index is 1.97. The van der Waals surface area contributed by atoms with E-state index in [-0.39, 0.29) is 47.6 Å². The number of allylic oxidation sites excluding steroid dienone is 4. The monoisotopic (exact) mass is 775 g/mol. The average Bonchev–Trinajstić information content (AvgIpc) is 3.16. The van der Waals surface area contributed by atoms with Gasteiger partial charge in [-0.25, -0.2) is 4.79 Å². The van der Waals surface area contributed by atoms with Crippen LogP contribution < -0.4 is 0 Å². The van der Waals surface area contributed by atoms with Gasteiger partial charge in [-0.3, -0.25) is 9.59 Å². The molecule has 10 nitrogen and oxygen atoms in total. The molecule has 10 heteroatoms. The third-order valence-corrected chi connectivity index (χ3v) is 13.4. The first-order valence-corrected chi connectivity index (χ1v) is 21.1. The lowest BCUT2D eigenvalue weighted by atomic mass is 9.74. The maximum Gasteiger partial charge on any atom is 0.330 e. The zero-order valence-corrected chi connectivity index (χ0v) is 35.5. The molecule has 3 rings (SSSR count). The molecule has 0 unspecified atom stereocenters. The molecule has 0 radical (unpaired) electrons. The molecule has 55 heavy (non-hydrogen) atoms. The second-order valence-corrected chi connectivity index (χ2v) is 17.7. The van der Waals surface area contributed by atoms with E-state index in [4.69, 9.17) is 14.2 Å². The van der Waals surface area contributed by atoms with E-state index < -0.39 is 77.6 Å². The minimum atomic E-state index is -1.30. The number of ketones is 2. The minimum Gasteiger partial charge on any atom is -0.458 e. The van der Waals surface area contributed by atoms with E-state index in [0.717, 1.165) is 25.7 Å². The van der Waals surface area contributed by atoms with Crippen LogP contribution in [0.25, 0.3) is 0 Å². The number of carbonyl (C=O) groups excluding carboxylic acids is 3. The van der Waals surface area contributed by atoms with Crippen LogP contribution in [0.1, 0.15) is 121 Å².